The van der Waals surface area contributed by atoms with Crippen molar-refractivity contribution >= 4 is 33.7 Å². The summed E-state index contributed by atoms with van der Waals surface area (Å²) in [5.74, 6) is 0.199. The second kappa shape index (κ2) is 7.63. The summed E-state index contributed by atoms with van der Waals surface area (Å²) in [7, 11) is 0. The molecule has 0 unspecified atom stereocenters. The van der Waals surface area contributed by atoms with Gasteiger partial charge in [0.2, 0.25) is 0 Å². The predicted molar refractivity (Wildman–Crippen MR) is 110 cm³/mol. The van der Waals surface area contributed by atoms with Gasteiger partial charge in [0.25, 0.3) is 11.5 Å². The van der Waals surface area contributed by atoms with Gasteiger partial charge in [0, 0.05) is 4.88 Å². The van der Waals surface area contributed by atoms with Gasteiger partial charge in [-0.3, -0.25) is 9.59 Å². The second-order valence-electron chi connectivity index (χ2n) is 7.29. The summed E-state index contributed by atoms with van der Waals surface area (Å²) < 4.78 is 1.12. The van der Waals surface area contributed by atoms with Gasteiger partial charge in [-0.1, -0.05) is 42.0 Å². The van der Waals surface area contributed by atoms with E-state index in [1.165, 1.54) is 4.88 Å². The van der Waals surface area contributed by atoms with Crippen molar-refractivity contribution in [2.24, 2.45) is 11.0 Å². The highest BCUT2D eigenvalue weighted by Crippen LogP contribution is 2.35. The Morgan fingerprint density at radius 2 is 2.18 bits per heavy atom. The van der Waals surface area contributed by atoms with Crippen LogP contribution in [0.2, 0.25) is 0 Å². The fourth-order valence-electron chi connectivity index (χ4n) is 3.40. The van der Waals surface area contributed by atoms with E-state index in [2.05, 4.69) is 27.8 Å². The summed E-state index contributed by atoms with van der Waals surface area (Å²) in [5, 5.41) is 12.7. The Morgan fingerprint density at radius 3 is 2.96 bits per heavy atom. The molecule has 4 rings (SSSR count). The molecule has 1 atom stereocenters. The first-order chi connectivity index (χ1) is 13.5. The molecule has 0 aliphatic heterocycles. The van der Waals surface area contributed by atoms with Crippen LogP contribution in [0.4, 0.5) is 0 Å². The first-order valence-corrected chi connectivity index (χ1v) is 10.1. The summed E-state index contributed by atoms with van der Waals surface area (Å²) in [6, 6.07) is 7.76. The van der Waals surface area contributed by atoms with E-state index in [0.29, 0.717) is 16.1 Å². The van der Waals surface area contributed by atoms with Crippen LogP contribution in [-0.2, 0) is 24.2 Å². The molecule has 2 heterocycles. The summed E-state index contributed by atoms with van der Waals surface area (Å²) in [6.07, 6.45) is 4.48. The lowest BCUT2D eigenvalue weighted by Gasteiger charge is -2.17. The molecule has 1 aliphatic rings. The van der Waals surface area contributed by atoms with E-state index in [0.717, 1.165) is 40.6 Å². The molecule has 8 heteroatoms. The minimum atomic E-state index is -0.420. The number of benzene rings is 1. The van der Waals surface area contributed by atoms with Gasteiger partial charge in [0.1, 0.15) is 6.54 Å². The Bertz CT molecular complexity index is 1110. The molecule has 0 spiro atoms. The molecule has 2 aromatic heterocycles. The average molecular weight is 395 g/mol. The first kappa shape index (κ1) is 18.5. The number of hydrogen-bond donors (Lipinski definition) is 1. The maximum Gasteiger partial charge on any atom is 0.279 e. The number of hydrogen-bond acceptors (Lipinski definition) is 6. The first-order valence-electron chi connectivity index (χ1n) is 9.28. The van der Waals surface area contributed by atoms with Gasteiger partial charge in [0.15, 0.2) is 4.83 Å². The quantitative estimate of drug-likeness (QED) is 0.543. The molecule has 0 bridgehead atoms. The molecule has 0 saturated carbocycles. The number of aromatic nitrogens is 3. The van der Waals surface area contributed by atoms with E-state index >= 15 is 0 Å². The van der Waals surface area contributed by atoms with Gasteiger partial charge in [-0.15, -0.1) is 16.4 Å². The fraction of sp³-hybridized carbons (Fsp3) is 0.350. The van der Waals surface area contributed by atoms with Gasteiger partial charge in [-0.05, 0) is 43.2 Å². The lowest BCUT2D eigenvalue weighted by atomic mass is 9.89. The Morgan fingerprint density at radius 1 is 1.39 bits per heavy atom. The predicted octanol–water partition coefficient (Wildman–Crippen LogP) is 2.44. The Kier molecular flexibility index (Phi) is 5.04. The minimum Gasteiger partial charge on any atom is -0.271 e. The molecule has 1 aromatic carbocycles. The highest BCUT2D eigenvalue weighted by molar-refractivity contribution is 7.18. The molecule has 1 N–H and O–H groups in total. The topological polar surface area (TPSA) is 89.2 Å². The van der Waals surface area contributed by atoms with Crippen LogP contribution in [0, 0.1) is 12.8 Å². The van der Waals surface area contributed by atoms with Crippen molar-refractivity contribution in [3.63, 3.8) is 0 Å². The van der Waals surface area contributed by atoms with E-state index in [-0.39, 0.29) is 12.1 Å². The zero-order chi connectivity index (χ0) is 19.7. The van der Waals surface area contributed by atoms with Crippen molar-refractivity contribution in [2.75, 3.05) is 0 Å². The second-order valence-corrected chi connectivity index (χ2v) is 8.37. The number of amides is 1. The van der Waals surface area contributed by atoms with Crippen molar-refractivity contribution in [1.29, 1.82) is 0 Å². The molecular formula is C20H21N5O2S. The SMILES string of the molecule is Cc1ccc(/C=N\NC(=O)Cn2nnc3sc4c(c3c2=O)CC[C@@H](C)C4)cc1. The van der Waals surface area contributed by atoms with E-state index in [9.17, 15) is 9.59 Å². The van der Waals surface area contributed by atoms with Crippen molar-refractivity contribution in [2.45, 2.75) is 39.7 Å². The molecule has 1 aliphatic carbocycles. The smallest absolute Gasteiger partial charge is 0.271 e. The zero-order valence-corrected chi connectivity index (χ0v) is 16.6. The third kappa shape index (κ3) is 3.73. The average Bonchev–Trinajstić information content (AvgIpc) is 3.04. The number of carbonyl (C=O) groups is 1. The molecule has 0 fully saturated rings. The monoisotopic (exact) mass is 395 g/mol. The molecule has 7 nitrogen and oxygen atoms in total. The van der Waals surface area contributed by atoms with Crippen LogP contribution < -0.4 is 11.0 Å². The highest BCUT2D eigenvalue weighted by atomic mass is 32.1. The van der Waals surface area contributed by atoms with Crippen LogP contribution in [0.15, 0.2) is 34.2 Å². The van der Waals surface area contributed by atoms with Crippen LogP contribution in [0.25, 0.3) is 10.2 Å². The van der Waals surface area contributed by atoms with E-state index in [4.69, 9.17) is 0 Å². The summed E-state index contributed by atoms with van der Waals surface area (Å²) >= 11 is 1.55. The van der Waals surface area contributed by atoms with Crippen molar-refractivity contribution in [3.8, 4) is 0 Å². The zero-order valence-electron chi connectivity index (χ0n) is 15.8. The van der Waals surface area contributed by atoms with Crippen molar-refractivity contribution in [3.05, 3.63) is 56.2 Å². The standard InChI is InChI=1S/C20H21N5O2S/c1-12-3-6-14(7-4-12)10-21-22-17(26)11-25-20(27)18-15-8-5-13(2)9-16(15)28-19(18)23-24-25/h3-4,6-7,10,13H,5,8-9,11H2,1-2H3,(H,22,26)/b21-10-/t13-/m1/s1. The van der Waals surface area contributed by atoms with Crippen LogP contribution in [0.1, 0.15) is 34.9 Å². The van der Waals surface area contributed by atoms with Gasteiger partial charge in [-0.25, -0.2) is 10.1 Å². The van der Waals surface area contributed by atoms with E-state index < -0.39 is 5.91 Å². The summed E-state index contributed by atoms with van der Waals surface area (Å²) in [4.78, 5) is 26.9. The maximum atomic E-state index is 12.9. The number of fused-ring (bicyclic) bond motifs is 3. The fourth-order valence-corrected chi connectivity index (χ4v) is 4.72. The number of aryl methyl sites for hydroxylation is 2. The summed E-state index contributed by atoms with van der Waals surface area (Å²) in [6.45, 7) is 4.01. The van der Waals surface area contributed by atoms with E-state index in [1.807, 2.05) is 31.2 Å². The number of rotatable bonds is 4. The van der Waals surface area contributed by atoms with Crippen LogP contribution in [0.5, 0.6) is 0 Å². The Hall–Kier alpha value is -2.87. The maximum absolute atomic E-state index is 12.9. The van der Waals surface area contributed by atoms with Crippen molar-refractivity contribution < 1.29 is 4.79 Å². The molecule has 1 amide bonds. The molecule has 28 heavy (non-hydrogen) atoms. The molecular weight excluding hydrogens is 374 g/mol. The summed E-state index contributed by atoms with van der Waals surface area (Å²) in [5.41, 5.74) is 5.30. The van der Waals surface area contributed by atoms with Gasteiger partial charge in [0.05, 0.1) is 11.6 Å². The molecule has 3 aromatic rings. The Labute approximate surface area is 166 Å². The lowest BCUT2D eigenvalue weighted by Crippen LogP contribution is -2.32. The largest absolute Gasteiger partial charge is 0.279 e. The van der Waals surface area contributed by atoms with Gasteiger partial charge in [-0.2, -0.15) is 5.10 Å². The lowest BCUT2D eigenvalue weighted by molar-refractivity contribution is -0.121. The van der Waals surface area contributed by atoms with Crippen LogP contribution in [0.3, 0.4) is 0 Å². The van der Waals surface area contributed by atoms with Crippen LogP contribution >= 0.6 is 11.3 Å². The number of carbonyl (C=O) groups excluding carboxylic acids is 1. The third-order valence-electron chi connectivity index (χ3n) is 4.96. The number of hydrazone groups is 1. The number of nitrogens with zero attached hydrogens (tertiary/aromatic N) is 4. The van der Waals surface area contributed by atoms with Crippen molar-refractivity contribution in [1.82, 2.24) is 20.4 Å². The van der Waals surface area contributed by atoms with Gasteiger partial charge >= 0.3 is 0 Å². The molecule has 0 saturated heterocycles. The number of nitrogens with one attached hydrogen (secondary N) is 1. The highest BCUT2D eigenvalue weighted by Gasteiger charge is 2.24. The van der Waals surface area contributed by atoms with Crippen LogP contribution in [-0.4, -0.2) is 27.1 Å². The molecule has 144 valence electrons. The normalized spacial score (nSPS) is 16.4. The minimum absolute atomic E-state index is 0.214. The Balaban J connectivity index is 1.50. The molecule has 0 radical (unpaired) electrons. The van der Waals surface area contributed by atoms with E-state index in [1.54, 1.807) is 17.6 Å². The third-order valence-corrected chi connectivity index (χ3v) is 6.10. The van der Waals surface area contributed by atoms with Gasteiger partial charge < -0.3 is 0 Å². The number of thiophene rings is 1.